The molecule has 0 N–H and O–H groups in total. The number of hydrogen-bond donors (Lipinski definition) is 0. The van der Waals surface area contributed by atoms with Crippen molar-refractivity contribution in [2.75, 3.05) is 13.1 Å². The molecule has 0 spiro atoms. The van der Waals surface area contributed by atoms with E-state index in [4.69, 9.17) is 33.2 Å². The first-order valence-electron chi connectivity index (χ1n) is 11.1. The number of ether oxygens (including phenoxy) is 1. The summed E-state index contributed by atoms with van der Waals surface area (Å²) in [6.07, 6.45) is -4.86. The van der Waals surface area contributed by atoms with E-state index in [1.165, 1.54) is 12.1 Å². The molecule has 3 aromatic rings. The molecule has 1 aliphatic heterocycles. The normalized spacial score (nSPS) is 18.5. The third-order valence-corrected chi connectivity index (χ3v) is 7.13. The molecule has 1 fully saturated rings. The van der Waals surface area contributed by atoms with Gasteiger partial charge in [0.2, 0.25) is 0 Å². The molecule has 0 radical (unpaired) electrons. The molecule has 1 unspecified atom stereocenters. The lowest BCUT2D eigenvalue weighted by Gasteiger charge is -2.26. The fourth-order valence-corrected chi connectivity index (χ4v) is 4.77. The fourth-order valence-electron chi connectivity index (χ4n) is 4.46. The fraction of sp³-hybridized carbons (Fsp3) is 0.259. The molecule has 0 aromatic heterocycles. The molecule has 186 valence electrons. The number of nitriles is 1. The van der Waals surface area contributed by atoms with Crippen LogP contribution in [0.1, 0.15) is 39.9 Å². The molecule has 3 atom stereocenters. The number of benzene rings is 3. The molecule has 1 saturated heterocycles. The van der Waals surface area contributed by atoms with Crippen molar-refractivity contribution >= 4 is 29.1 Å². The number of likely N-dealkylation sites (tertiary alicyclic amines) is 1. The molecule has 1 heterocycles. The minimum Gasteiger partial charge on any atom is -0.490 e. The second-order valence-corrected chi connectivity index (χ2v) is 9.50. The third-order valence-electron chi connectivity index (χ3n) is 6.39. The van der Waals surface area contributed by atoms with Crippen LogP contribution in [0.2, 0.25) is 10.0 Å². The molecule has 0 saturated carbocycles. The van der Waals surface area contributed by atoms with Gasteiger partial charge in [-0.2, -0.15) is 18.4 Å². The number of nitrogens with zero attached hydrogens (tertiary/aromatic N) is 2. The number of rotatable bonds is 5. The maximum absolute atomic E-state index is 13.3. The monoisotopic (exact) mass is 532 g/mol. The van der Waals surface area contributed by atoms with Gasteiger partial charge in [0.05, 0.1) is 27.2 Å². The Hall–Kier alpha value is -3.21. The van der Waals surface area contributed by atoms with Gasteiger partial charge in [-0.3, -0.25) is 4.79 Å². The summed E-state index contributed by atoms with van der Waals surface area (Å²) in [6, 6.07) is 18.3. The van der Waals surface area contributed by atoms with E-state index in [9.17, 15) is 18.0 Å². The van der Waals surface area contributed by atoms with Crippen molar-refractivity contribution in [3.8, 4) is 11.8 Å². The lowest BCUT2D eigenvalue weighted by Crippen LogP contribution is -2.32. The van der Waals surface area contributed by atoms with Crippen LogP contribution in [0.3, 0.4) is 0 Å². The number of hydrogen-bond acceptors (Lipinski definition) is 3. The molecular formula is C27H21Cl2F3N2O2. The predicted molar refractivity (Wildman–Crippen MR) is 131 cm³/mol. The van der Waals surface area contributed by atoms with Crippen LogP contribution in [0.4, 0.5) is 13.2 Å². The van der Waals surface area contributed by atoms with Crippen molar-refractivity contribution in [1.29, 1.82) is 5.26 Å². The maximum Gasteiger partial charge on any atom is 0.416 e. The largest absolute Gasteiger partial charge is 0.490 e. The lowest BCUT2D eigenvalue weighted by atomic mass is 9.85. The Morgan fingerprint density at radius 3 is 2.28 bits per heavy atom. The van der Waals surface area contributed by atoms with Gasteiger partial charge in [0.15, 0.2) is 0 Å². The van der Waals surface area contributed by atoms with Crippen molar-refractivity contribution in [2.45, 2.75) is 25.1 Å². The van der Waals surface area contributed by atoms with E-state index >= 15 is 0 Å². The third kappa shape index (κ3) is 5.61. The number of amides is 1. The Labute approximate surface area is 216 Å². The van der Waals surface area contributed by atoms with Crippen LogP contribution in [-0.2, 0) is 6.18 Å². The van der Waals surface area contributed by atoms with Crippen LogP contribution in [0, 0.1) is 17.2 Å². The van der Waals surface area contributed by atoms with Gasteiger partial charge in [0.1, 0.15) is 11.9 Å². The van der Waals surface area contributed by atoms with Crippen LogP contribution >= 0.6 is 23.2 Å². The molecule has 9 heteroatoms. The first-order chi connectivity index (χ1) is 17.1. The van der Waals surface area contributed by atoms with Crippen LogP contribution < -0.4 is 4.74 Å². The molecular weight excluding hydrogens is 512 g/mol. The van der Waals surface area contributed by atoms with Crippen LogP contribution in [-0.4, -0.2) is 30.0 Å². The summed E-state index contributed by atoms with van der Waals surface area (Å²) < 4.78 is 44.8. The number of halogens is 5. The molecule has 0 aliphatic carbocycles. The van der Waals surface area contributed by atoms with Gasteiger partial charge in [-0.05, 0) is 73.2 Å². The average molecular weight is 533 g/mol. The molecule has 3 aromatic carbocycles. The van der Waals surface area contributed by atoms with Gasteiger partial charge in [-0.25, -0.2) is 0 Å². The van der Waals surface area contributed by atoms with Gasteiger partial charge in [-0.15, -0.1) is 0 Å². The van der Waals surface area contributed by atoms with E-state index in [0.717, 1.165) is 17.7 Å². The van der Waals surface area contributed by atoms with Crippen molar-refractivity contribution < 1.29 is 22.7 Å². The van der Waals surface area contributed by atoms with Crippen LogP contribution in [0.5, 0.6) is 5.75 Å². The summed E-state index contributed by atoms with van der Waals surface area (Å²) in [5.41, 5.74) is 1.04. The van der Waals surface area contributed by atoms with E-state index < -0.39 is 17.8 Å². The zero-order valence-corrected chi connectivity index (χ0v) is 20.6. The minimum atomic E-state index is -4.43. The number of carbonyl (C=O) groups is 1. The molecule has 0 bridgehead atoms. The smallest absolute Gasteiger partial charge is 0.416 e. The summed E-state index contributed by atoms with van der Waals surface area (Å²) >= 11 is 12.4. The van der Waals surface area contributed by atoms with Crippen LogP contribution in [0.15, 0.2) is 66.7 Å². The summed E-state index contributed by atoms with van der Waals surface area (Å²) in [5.74, 6) is -0.201. The van der Waals surface area contributed by atoms with Crippen LogP contribution in [0.25, 0.3) is 0 Å². The molecule has 1 amide bonds. The highest BCUT2D eigenvalue weighted by molar-refractivity contribution is 6.42. The Kier molecular flexibility index (Phi) is 7.49. The average Bonchev–Trinajstić information content (AvgIpc) is 3.31. The van der Waals surface area contributed by atoms with E-state index in [-0.39, 0.29) is 17.7 Å². The molecule has 4 rings (SSSR count). The zero-order chi connectivity index (χ0) is 26.0. The van der Waals surface area contributed by atoms with Crippen molar-refractivity contribution in [3.63, 3.8) is 0 Å². The first-order valence-corrected chi connectivity index (χ1v) is 11.9. The van der Waals surface area contributed by atoms with Gasteiger partial charge >= 0.3 is 6.18 Å². The SMILES string of the molecule is C[C@@H](Oc1ccc(C(F)(F)F)cc1)C1CN(C(=O)c2ccc(C#N)cc2)C[C@H]1c1ccc(Cl)c(Cl)c1. The van der Waals surface area contributed by atoms with Gasteiger partial charge < -0.3 is 9.64 Å². The van der Waals surface area contributed by atoms with Crippen molar-refractivity contribution in [3.05, 3.63) is 99.0 Å². The Bertz CT molecular complexity index is 1290. The van der Waals surface area contributed by atoms with Crippen molar-refractivity contribution in [2.24, 2.45) is 5.92 Å². The second kappa shape index (κ2) is 10.4. The lowest BCUT2D eigenvalue weighted by molar-refractivity contribution is -0.137. The van der Waals surface area contributed by atoms with E-state index in [0.29, 0.717) is 40.0 Å². The van der Waals surface area contributed by atoms with E-state index in [1.807, 2.05) is 19.1 Å². The van der Waals surface area contributed by atoms with Gasteiger partial charge in [0, 0.05) is 30.5 Å². The molecule has 4 nitrogen and oxygen atoms in total. The van der Waals surface area contributed by atoms with E-state index in [1.54, 1.807) is 41.3 Å². The minimum absolute atomic E-state index is 0.147. The van der Waals surface area contributed by atoms with Crippen molar-refractivity contribution in [1.82, 2.24) is 4.90 Å². The Morgan fingerprint density at radius 2 is 1.69 bits per heavy atom. The quantitative estimate of drug-likeness (QED) is 0.349. The predicted octanol–water partition coefficient (Wildman–Crippen LogP) is 7.21. The maximum atomic E-state index is 13.3. The topological polar surface area (TPSA) is 53.3 Å². The summed E-state index contributed by atoms with van der Waals surface area (Å²) in [7, 11) is 0. The summed E-state index contributed by atoms with van der Waals surface area (Å²) in [5, 5.41) is 9.82. The summed E-state index contributed by atoms with van der Waals surface area (Å²) in [4.78, 5) is 15.0. The standard InChI is InChI=1S/C27H21Cl2F3N2O2/c1-16(36-21-9-7-20(8-10-21)27(30,31)32)22-14-34(26(35)18-4-2-17(13-33)3-5-18)15-23(22)19-6-11-24(28)25(29)12-19/h2-12,16,22-23H,14-15H2,1H3/t16-,22?,23+/m1/s1. The number of alkyl halides is 3. The zero-order valence-electron chi connectivity index (χ0n) is 19.1. The summed E-state index contributed by atoms with van der Waals surface area (Å²) in [6.45, 7) is 2.59. The van der Waals surface area contributed by atoms with Gasteiger partial charge in [-0.1, -0.05) is 29.3 Å². The highest BCUT2D eigenvalue weighted by atomic mass is 35.5. The Balaban J connectivity index is 1.59. The number of carbonyl (C=O) groups excluding carboxylic acids is 1. The molecule has 36 heavy (non-hydrogen) atoms. The van der Waals surface area contributed by atoms with E-state index in [2.05, 4.69) is 0 Å². The highest BCUT2D eigenvalue weighted by Gasteiger charge is 2.40. The second-order valence-electron chi connectivity index (χ2n) is 8.69. The Morgan fingerprint density at radius 1 is 1.03 bits per heavy atom. The molecule has 1 aliphatic rings. The first kappa shape index (κ1) is 25.9. The highest BCUT2D eigenvalue weighted by Crippen LogP contribution is 2.39. The van der Waals surface area contributed by atoms with Gasteiger partial charge in [0.25, 0.3) is 5.91 Å².